The van der Waals surface area contributed by atoms with Crippen LogP contribution in [0.25, 0.3) is 16.6 Å². The smallest absolute Gasteiger partial charge is 0.357 e. The Balaban J connectivity index is 2.32. The van der Waals surface area contributed by atoms with Crippen molar-refractivity contribution in [3.05, 3.63) is 63.2 Å². The van der Waals surface area contributed by atoms with Crippen molar-refractivity contribution in [3.63, 3.8) is 0 Å². The highest BCUT2D eigenvalue weighted by Crippen LogP contribution is 2.30. The second-order valence-corrected chi connectivity index (χ2v) is 5.63. The summed E-state index contributed by atoms with van der Waals surface area (Å²) in [4.78, 5) is 15.5. The zero-order chi connectivity index (χ0) is 16.9. The van der Waals surface area contributed by atoms with Gasteiger partial charge in [0.15, 0.2) is 0 Å². The number of alkyl halides is 3. The molecule has 3 aromatic rings. The van der Waals surface area contributed by atoms with Crippen LogP contribution < -0.4 is 5.56 Å². The van der Waals surface area contributed by atoms with Crippen LogP contribution in [0.2, 0.25) is 0 Å². The molecular formula is C17H15F3N2O. The lowest BCUT2D eigenvalue weighted by Crippen LogP contribution is -2.23. The maximum Gasteiger partial charge on any atom is 0.416 e. The van der Waals surface area contributed by atoms with E-state index < -0.39 is 17.3 Å². The lowest BCUT2D eigenvalue weighted by molar-refractivity contribution is -0.137. The molecule has 2 aromatic heterocycles. The molecule has 0 fully saturated rings. The van der Waals surface area contributed by atoms with Crippen molar-refractivity contribution in [2.24, 2.45) is 0 Å². The summed E-state index contributed by atoms with van der Waals surface area (Å²) in [6, 6.07) is 7.06. The zero-order valence-electron chi connectivity index (χ0n) is 12.9. The van der Waals surface area contributed by atoms with Crippen LogP contribution in [0.3, 0.4) is 0 Å². The number of para-hydroxylation sites is 1. The van der Waals surface area contributed by atoms with Gasteiger partial charge in [0.05, 0.1) is 16.8 Å². The van der Waals surface area contributed by atoms with Crippen molar-refractivity contribution >= 4 is 10.9 Å². The molecule has 0 aliphatic heterocycles. The van der Waals surface area contributed by atoms with Crippen LogP contribution in [-0.2, 0) is 6.18 Å². The minimum Gasteiger partial charge on any atom is -0.357 e. The molecule has 0 spiro atoms. The number of rotatable bonds is 1. The summed E-state index contributed by atoms with van der Waals surface area (Å²) in [6.45, 7) is 5.37. The zero-order valence-corrected chi connectivity index (χ0v) is 12.9. The number of halogens is 3. The molecule has 0 saturated carbocycles. The highest BCUT2D eigenvalue weighted by Gasteiger charge is 2.31. The van der Waals surface area contributed by atoms with Crippen molar-refractivity contribution in [2.45, 2.75) is 26.9 Å². The van der Waals surface area contributed by atoms with Gasteiger partial charge in [0.25, 0.3) is 5.56 Å². The minimum atomic E-state index is -4.53. The Hall–Kier alpha value is -2.50. The largest absolute Gasteiger partial charge is 0.416 e. The molecule has 0 amide bonds. The second-order valence-electron chi connectivity index (χ2n) is 5.63. The van der Waals surface area contributed by atoms with Crippen molar-refractivity contribution < 1.29 is 13.2 Å². The summed E-state index contributed by atoms with van der Waals surface area (Å²) >= 11 is 0. The van der Waals surface area contributed by atoms with E-state index in [4.69, 9.17) is 0 Å². The van der Waals surface area contributed by atoms with E-state index in [1.165, 1.54) is 11.5 Å². The van der Waals surface area contributed by atoms with Gasteiger partial charge in [0.2, 0.25) is 0 Å². The summed E-state index contributed by atoms with van der Waals surface area (Å²) in [6.07, 6.45) is -4.53. The van der Waals surface area contributed by atoms with Gasteiger partial charge in [-0.2, -0.15) is 13.2 Å². The van der Waals surface area contributed by atoms with Gasteiger partial charge >= 0.3 is 6.18 Å². The summed E-state index contributed by atoms with van der Waals surface area (Å²) in [5.74, 6) is 0. The fourth-order valence-corrected chi connectivity index (χ4v) is 2.83. The van der Waals surface area contributed by atoms with E-state index in [1.807, 2.05) is 19.9 Å². The lowest BCUT2D eigenvalue weighted by atomic mass is 10.1. The van der Waals surface area contributed by atoms with Gasteiger partial charge < -0.3 is 4.98 Å². The van der Waals surface area contributed by atoms with E-state index in [-0.39, 0.29) is 5.69 Å². The molecule has 3 nitrogen and oxygen atoms in total. The number of aryl methyl sites for hydroxylation is 3. The van der Waals surface area contributed by atoms with Crippen LogP contribution >= 0.6 is 0 Å². The molecular weight excluding hydrogens is 305 g/mol. The number of aromatic amines is 1. The average molecular weight is 320 g/mol. The second kappa shape index (κ2) is 5.01. The van der Waals surface area contributed by atoms with Gasteiger partial charge in [-0.1, -0.05) is 12.1 Å². The standard InChI is InChI=1S/C17H15F3N2O/c1-9-7-12(17(18,19)20)8-15(23)22(9)14-6-4-5-13-10(2)11(3)21-16(13)14/h4-8,21H,1-3H3. The quantitative estimate of drug-likeness (QED) is 0.714. The van der Waals surface area contributed by atoms with Crippen LogP contribution in [0.5, 0.6) is 0 Å². The molecule has 23 heavy (non-hydrogen) atoms. The Morgan fingerprint density at radius 2 is 1.78 bits per heavy atom. The van der Waals surface area contributed by atoms with E-state index in [9.17, 15) is 18.0 Å². The molecule has 3 rings (SSSR count). The lowest BCUT2D eigenvalue weighted by Gasteiger charge is -2.14. The van der Waals surface area contributed by atoms with E-state index in [2.05, 4.69) is 4.98 Å². The third-order valence-corrected chi connectivity index (χ3v) is 4.11. The van der Waals surface area contributed by atoms with E-state index in [0.717, 1.165) is 28.2 Å². The molecule has 6 heteroatoms. The number of benzene rings is 1. The topological polar surface area (TPSA) is 37.8 Å². The number of nitrogens with zero attached hydrogens (tertiary/aromatic N) is 1. The van der Waals surface area contributed by atoms with E-state index >= 15 is 0 Å². The van der Waals surface area contributed by atoms with Crippen LogP contribution in [-0.4, -0.2) is 9.55 Å². The fraction of sp³-hybridized carbons (Fsp3) is 0.235. The molecule has 0 aliphatic rings. The Kier molecular flexibility index (Phi) is 3.35. The SMILES string of the molecule is Cc1[nH]c2c(-n3c(C)cc(C(F)(F)F)cc3=O)cccc2c1C. The van der Waals surface area contributed by atoms with Gasteiger partial charge in [-0.3, -0.25) is 9.36 Å². The van der Waals surface area contributed by atoms with Gasteiger partial charge in [0.1, 0.15) is 0 Å². The summed E-state index contributed by atoms with van der Waals surface area (Å²) in [5.41, 5.74) is 1.92. The number of pyridine rings is 1. The van der Waals surface area contributed by atoms with Crippen LogP contribution in [0.1, 0.15) is 22.5 Å². The van der Waals surface area contributed by atoms with E-state index in [0.29, 0.717) is 11.8 Å². The van der Waals surface area contributed by atoms with Gasteiger partial charge in [-0.05, 0) is 38.5 Å². The maximum atomic E-state index is 12.8. The van der Waals surface area contributed by atoms with Gasteiger partial charge in [0, 0.05) is 22.8 Å². The average Bonchev–Trinajstić information content (AvgIpc) is 2.74. The molecule has 0 aliphatic carbocycles. The highest BCUT2D eigenvalue weighted by atomic mass is 19.4. The van der Waals surface area contributed by atoms with Crippen LogP contribution in [0.4, 0.5) is 13.2 Å². The first-order chi connectivity index (χ1) is 10.7. The minimum absolute atomic E-state index is 0.238. The third-order valence-electron chi connectivity index (χ3n) is 4.11. The Morgan fingerprint density at radius 3 is 2.39 bits per heavy atom. The highest BCUT2D eigenvalue weighted by molar-refractivity contribution is 5.91. The van der Waals surface area contributed by atoms with Crippen LogP contribution in [0.15, 0.2) is 35.1 Å². The number of hydrogen-bond donors (Lipinski definition) is 1. The Morgan fingerprint density at radius 1 is 1.09 bits per heavy atom. The molecule has 0 saturated heterocycles. The molecule has 0 radical (unpaired) electrons. The number of H-pyrrole nitrogens is 1. The van der Waals surface area contributed by atoms with Crippen molar-refractivity contribution in [1.82, 2.24) is 9.55 Å². The maximum absolute atomic E-state index is 12.8. The van der Waals surface area contributed by atoms with Gasteiger partial charge in [-0.25, -0.2) is 0 Å². The van der Waals surface area contributed by atoms with Crippen molar-refractivity contribution in [3.8, 4) is 5.69 Å². The van der Waals surface area contributed by atoms with Crippen molar-refractivity contribution in [1.29, 1.82) is 0 Å². The summed E-state index contributed by atoms with van der Waals surface area (Å²) in [7, 11) is 0. The predicted molar refractivity (Wildman–Crippen MR) is 83.1 cm³/mol. The number of aromatic nitrogens is 2. The normalized spacial score (nSPS) is 12.1. The monoisotopic (exact) mass is 320 g/mol. The summed E-state index contributed by atoms with van der Waals surface area (Å²) in [5, 5.41) is 0.950. The van der Waals surface area contributed by atoms with E-state index in [1.54, 1.807) is 12.1 Å². The fourth-order valence-electron chi connectivity index (χ4n) is 2.83. The Bertz CT molecular complexity index is 964. The number of nitrogens with one attached hydrogen (secondary N) is 1. The molecule has 120 valence electrons. The number of fused-ring (bicyclic) bond motifs is 1. The third kappa shape index (κ3) is 2.44. The van der Waals surface area contributed by atoms with Crippen molar-refractivity contribution in [2.75, 3.05) is 0 Å². The van der Waals surface area contributed by atoms with Crippen LogP contribution in [0, 0.1) is 20.8 Å². The van der Waals surface area contributed by atoms with Gasteiger partial charge in [-0.15, -0.1) is 0 Å². The molecule has 1 N–H and O–H groups in total. The first-order valence-corrected chi connectivity index (χ1v) is 7.09. The molecule has 2 heterocycles. The molecule has 0 atom stereocenters. The predicted octanol–water partition coefficient (Wildman–Crippen LogP) is 4.26. The first kappa shape index (κ1) is 15.4. The molecule has 1 aromatic carbocycles. The summed E-state index contributed by atoms with van der Waals surface area (Å²) < 4.78 is 39.8. The number of hydrogen-bond acceptors (Lipinski definition) is 1. The first-order valence-electron chi connectivity index (χ1n) is 7.09. The molecule has 0 unspecified atom stereocenters. The molecule has 0 bridgehead atoms. The Labute approximate surface area is 130 Å².